The third-order valence-corrected chi connectivity index (χ3v) is 2.95. The standard InChI is InChI=1S/C13H13FN2O4/c1-20-12(18)7-15-10-6-11(17)16(13(10)19)9-4-2-8(14)3-5-9/h2-5,10,15H,6-7H2,1H3/t10-/m0/s1. The topological polar surface area (TPSA) is 75.7 Å². The van der Waals surface area contributed by atoms with Crippen molar-refractivity contribution in [2.45, 2.75) is 12.5 Å². The molecule has 1 saturated heterocycles. The predicted octanol–water partition coefficient (Wildman–Crippen LogP) is 0.220. The maximum Gasteiger partial charge on any atom is 0.319 e. The number of hydrogen-bond acceptors (Lipinski definition) is 5. The molecule has 0 bridgehead atoms. The fraction of sp³-hybridized carbons (Fsp3) is 0.308. The normalized spacial score (nSPS) is 18.5. The number of nitrogens with one attached hydrogen (secondary N) is 1. The van der Waals surface area contributed by atoms with Crippen LogP contribution in [0, 0.1) is 5.82 Å². The van der Waals surface area contributed by atoms with Crippen molar-refractivity contribution in [3.05, 3.63) is 30.1 Å². The molecular weight excluding hydrogens is 267 g/mol. The number of anilines is 1. The van der Waals surface area contributed by atoms with E-state index in [-0.39, 0.29) is 13.0 Å². The lowest BCUT2D eigenvalue weighted by Gasteiger charge is -2.15. The van der Waals surface area contributed by atoms with Gasteiger partial charge >= 0.3 is 5.97 Å². The molecule has 20 heavy (non-hydrogen) atoms. The Morgan fingerprint density at radius 2 is 2.05 bits per heavy atom. The molecule has 1 N–H and O–H groups in total. The molecule has 6 nitrogen and oxygen atoms in total. The number of amides is 2. The third kappa shape index (κ3) is 2.83. The molecule has 1 aromatic rings. The summed E-state index contributed by atoms with van der Waals surface area (Å²) in [6.45, 7) is -0.155. The number of carbonyl (C=O) groups is 3. The summed E-state index contributed by atoms with van der Waals surface area (Å²) in [5.41, 5.74) is 0.309. The third-order valence-electron chi connectivity index (χ3n) is 2.95. The van der Waals surface area contributed by atoms with E-state index in [4.69, 9.17) is 0 Å². The van der Waals surface area contributed by atoms with Crippen molar-refractivity contribution in [3.8, 4) is 0 Å². The predicted molar refractivity (Wildman–Crippen MR) is 67.3 cm³/mol. The zero-order chi connectivity index (χ0) is 14.7. The summed E-state index contributed by atoms with van der Waals surface area (Å²) in [6, 6.07) is 4.28. The number of nitrogens with zero attached hydrogens (tertiary/aromatic N) is 1. The zero-order valence-electron chi connectivity index (χ0n) is 10.8. The van der Waals surface area contributed by atoms with Crippen LogP contribution in [0.3, 0.4) is 0 Å². The van der Waals surface area contributed by atoms with Gasteiger partial charge in [0, 0.05) is 0 Å². The molecule has 7 heteroatoms. The Hall–Kier alpha value is -2.28. The van der Waals surface area contributed by atoms with Gasteiger partial charge in [0.2, 0.25) is 5.91 Å². The number of carbonyl (C=O) groups excluding carboxylic acids is 3. The fourth-order valence-electron chi connectivity index (χ4n) is 1.93. The molecular formula is C13H13FN2O4. The van der Waals surface area contributed by atoms with E-state index in [0.717, 1.165) is 4.90 Å². The molecule has 1 aliphatic heterocycles. The summed E-state index contributed by atoms with van der Waals surface area (Å²) in [5, 5.41) is 2.66. The first-order valence-corrected chi connectivity index (χ1v) is 5.95. The number of hydrogen-bond donors (Lipinski definition) is 1. The van der Waals surface area contributed by atoms with E-state index in [1.807, 2.05) is 0 Å². The second-order valence-corrected chi connectivity index (χ2v) is 4.26. The Morgan fingerprint density at radius 1 is 1.40 bits per heavy atom. The van der Waals surface area contributed by atoms with E-state index in [0.29, 0.717) is 5.69 Å². The van der Waals surface area contributed by atoms with E-state index in [1.165, 1.54) is 31.4 Å². The first-order valence-electron chi connectivity index (χ1n) is 5.95. The smallest absolute Gasteiger partial charge is 0.319 e. The van der Waals surface area contributed by atoms with Gasteiger partial charge in [-0.2, -0.15) is 0 Å². The number of esters is 1. The fourth-order valence-corrected chi connectivity index (χ4v) is 1.93. The van der Waals surface area contributed by atoms with Gasteiger partial charge < -0.3 is 4.74 Å². The number of benzene rings is 1. The van der Waals surface area contributed by atoms with Crippen LogP contribution in [0.5, 0.6) is 0 Å². The van der Waals surface area contributed by atoms with Crippen molar-refractivity contribution in [3.63, 3.8) is 0 Å². The first kappa shape index (κ1) is 14.1. The molecule has 0 aromatic heterocycles. The van der Waals surface area contributed by atoms with E-state index in [9.17, 15) is 18.8 Å². The van der Waals surface area contributed by atoms with Gasteiger partial charge in [-0.25, -0.2) is 9.29 Å². The van der Waals surface area contributed by atoms with Gasteiger partial charge in [-0.3, -0.25) is 19.7 Å². The van der Waals surface area contributed by atoms with Gasteiger partial charge in [0.15, 0.2) is 0 Å². The Bertz CT molecular complexity index is 544. The van der Waals surface area contributed by atoms with E-state index in [2.05, 4.69) is 10.1 Å². The highest BCUT2D eigenvalue weighted by molar-refractivity contribution is 6.22. The molecule has 1 aromatic carbocycles. The molecule has 0 aliphatic carbocycles. The molecule has 2 rings (SSSR count). The Labute approximate surface area is 114 Å². The van der Waals surface area contributed by atoms with Crippen LogP contribution in [-0.2, 0) is 19.1 Å². The average molecular weight is 280 g/mol. The molecule has 0 unspecified atom stereocenters. The summed E-state index contributed by atoms with van der Waals surface area (Å²) in [6.07, 6.45) is -0.0484. The van der Waals surface area contributed by atoms with Crippen LogP contribution in [0.4, 0.5) is 10.1 Å². The van der Waals surface area contributed by atoms with Gasteiger partial charge in [0.1, 0.15) is 5.82 Å². The minimum atomic E-state index is -0.772. The molecule has 0 saturated carbocycles. The van der Waals surface area contributed by atoms with Gasteiger partial charge in [0.05, 0.1) is 31.8 Å². The van der Waals surface area contributed by atoms with Gasteiger partial charge in [-0.05, 0) is 24.3 Å². The summed E-state index contributed by atoms with van der Waals surface area (Å²) in [5.74, 6) is -1.84. The summed E-state index contributed by atoms with van der Waals surface area (Å²) in [7, 11) is 1.23. The molecule has 106 valence electrons. The van der Waals surface area contributed by atoms with Gasteiger partial charge in [-0.15, -0.1) is 0 Å². The number of ether oxygens (including phenoxy) is 1. The minimum absolute atomic E-state index is 0.0484. The van der Waals surface area contributed by atoms with Crippen molar-refractivity contribution in [1.29, 1.82) is 0 Å². The molecule has 1 fully saturated rings. The van der Waals surface area contributed by atoms with Crippen LogP contribution in [0.15, 0.2) is 24.3 Å². The molecule has 1 atom stereocenters. The SMILES string of the molecule is COC(=O)CN[C@H]1CC(=O)N(c2ccc(F)cc2)C1=O. The first-order chi connectivity index (χ1) is 9.52. The average Bonchev–Trinajstić information content (AvgIpc) is 2.72. The Morgan fingerprint density at radius 3 is 2.65 bits per heavy atom. The molecule has 1 heterocycles. The van der Waals surface area contributed by atoms with Crippen molar-refractivity contribution in [2.24, 2.45) is 0 Å². The lowest BCUT2D eigenvalue weighted by Crippen LogP contribution is -2.41. The van der Waals surface area contributed by atoms with Gasteiger partial charge in [0.25, 0.3) is 5.91 Å². The highest BCUT2D eigenvalue weighted by Crippen LogP contribution is 2.22. The Kier molecular flexibility index (Phi) is 4.09. The number of halogens is 1. The van der Waals surface area contributed by atoms with Crippen molar-refractivity contribution in [1.82, 2.24) is 5.32 Å². The largest absolute Gasteiger partial charge is 0.468 e. The highest BCUT2D eigenvalue weighted by atomic mass is 19.1. The van der Waals surface area contributed by atoms with Crippen LogP contribution in [0.1, 0.15) is 6.42 Å². The lowest BCUT2D eigenvalue weighted by atomic mass is 10.2. The summed E-state index contributed by atoms with van der Waals surface area (Å²) < 4.78 is 17.3. The van der Waals surface area contributed by atoms with E-state index >= 15 is 0 Å². The van der Waals surface area contributed by atoms with Crippen molar-refractivity contribution >= 4 is 23.5 Å². The maximum atomic E-state index is 12.8. The van der Waals surface area contributed by atoms with Crippen molar-refractivity contribution in [2.75, 3.05) is 18.6 Å². The second-order valence-electron chi connectivity index (χ2n) is 4.26. The minimum Gasteiger partial charge on any atom is -0.468 e. The van der Waals surface area contributed by atoms with Crippen LogP contribution < -0.4 is 10.2 Å². The molecule has 0 spiro atoms. The second kappa shape index (κ2) is 5.79. The molecule has 1 aliphatic rings. The number of methoxy groups -OCH3 is 1. The van der Waals surface area contributed by atoms with E-state index in [1.54, 1.807) is 0 Å². The van der Waals surface area contributed by atoms with Crippen LogP contribution >= 0.6 is 0 Å². The molecule has 0 radical (unpaired) electrons. The monoisotopic (exact) mass is 280 g/mol. The van der Waals surface area contributed by atoms with Crippen molar-refractivity contribution < 1.29 is 23.5 Å². The van der Waals surface area contributed by atoms with Gasteiger partial charge in [-0.1, -0.05) is 0 Å². The summed E-state index contributed by atoms with van der Waals surface area (Å²) >= 11 is 0. The molecule has 2 amide bonds. The van der Waals surface area contributed by atoms with Crippen LogP contribution in [-0.4, -0.2) is 37.5 Å². The maximum absolute atomic E-state index is 12.8. The van der Waals surface area contributed by atoms with E-state index < -0.39 is 29.6 Å². The highest BCUT2D eigenvalue weighted by Gasteiger charge is 2.39. The van der Waals surface area contributed by atoms with Crippen LogP contribution in [0.2, 0.25) is 0 Å². The lowest BCUT2D eigenvalue weighted by molar-refractivity contribution is -0.139. The Balaban J connectivity index is 2.09. The number of rotatable bonds is 4. The number of imide groups is 1. The zero-order valence-corrected chi connectivity index (χ0v) is 10.8. The summed E-state index contributed by atoms with van der Waals surface area (Å²) in [4.78, 5) is 35.9. The quantitative estimate of drug-likeness (QED) is 0.631. The van der Waals surface area contributed by atoms with Crippen LogP contribution in [0.25, 0.3) is 0 Å².